The van der Waals surface area contributed by atoms with Crippen molar-refractivity contribution in [1.82, 2.24) is 0 Å². The van der Waals surface area contributed by atoms with Gasteiger partial charge in [-0.15, -0.1) is 0 Å². The minimum absolute atomic E-state index is 0.212. The van der Waals surface area contributed by atoms with Crippen molar-refractivity contribution in [3.63, 3.8) is 0 Å². The van der Waals surface area contributed by atoms with Crippen molar-refractivity contribution in [2.24, 2.45) is 5.73 Å². The van der Waals surface area contributed by atoms with Crippen LogP contribution in [0.15, 0.2) is 23.8 Å². The molecule has 0 aromatic rings. The molecule has 2 N–H and O–H groups in total. The predicted molar refractivity (Wildman–Crippen MR) is 68.8 cm³/mol. The molecule has 0 aliphatic rings. The highest BCUT2D eigenvalue weighted by molar-refractivity contribution is 5.83. The smallest absolute Gasteiger partial charge is 0.331 e. The third kappa shape index (κ3) is 7.62. The van der Waals surface area contributed by atoms with Crippen LogP contribution in [0.5, 0.6) is 0 Å². The minimum Gasteiger partial charge on any atom is -0.465 e. The molecule has 0 aromatic carbocycles. The van der Waals surface area contributed by atoms with Gasteiger partial charge in [-0.3, -0.25) is 4.79 Å². The molecule has 0 fully saturated rings. The number of carbonyl (C=O) groups excluding carboxylic acids is 2. The summed E-state index contributed by atoms with van der Waals surface area (Å²) in [5, 5.41) is 0. The summed E-state index contributed by atoms with van der Waals surface area (Å²) in [6.07, 6.45) is 2.08. The van der Waals surface area contributed by atoms with Crippen LogP contribution in [0.25, 0.3) is 0 Å². The Kier molecular flexibility index (Phi) is 8.57. The molecule has 102 valence electrons. The van der Waals surface area contributed by atoms with Gasteiger partial charge in [0, 0.05) is 19.0 Å². The van der Waals surface area contributed by atoms with Crippen molar-refractivity contribution in [1.29, 1.82) is 0 Å². The number of allylic oxidation sites excluding steroid dienone is 1. The molecule has 0 aromatic heterocycles. The maximum atomic E-state index is 11.2. The first-order valence-corrected chi connectivity index (χ1v) is 5.90. The van der Waals surface area contributed by atoms with Gasteiger partial charge in [0.15, 0.2) is 0 Å². The number of ether oxygens (including phenoxy) is 2. The molecule has 0 aliphatic heterocycles. The van der Waals surface area contributed by atoms with E-state index in [1.807, 2.05) is 0 Å². The van der Waals surface area contributed by atoms with Gasteiger partial charge in [0.1, 0.15) is 0 Å². The Hall–Kier alpha value is -1.62. The number of hydrogen-bond acceptors (Lipinski definition) is 5. The average molecular weight is 255 g/mol. The molecular formula is C13H21NO4. The standard InChI is InChI=1S/C13H21NO4/c1-4-17-13(16)9-11(3)10(2)6-8-18-12(15)5-7-14/h9H,2,4-8,14H2,1,3H3/b11-9+. The van der Waals surface area contributed by atoms with Crippen molar-refractivity contribution in [3.8, 4) is 0 Å². The van der Waals surface area contributed by atoms with Gasteiger partial charge < -0.3 is 15.2 Å². The summed E-state index contributed by atoms with van der Waals surface area (Å²) in [4.78, 5) is 22.2. The van der Waals surface area contributed by atoms with Gasteiger partial charge in [-0.25, -0.2) is 4.79 Å². The Morgan fingerprint density at radius 1 is 1.28 bits per heavy atom. The fourth-order valence-electron chi connectivity index (χ4n) is 1.14. The predicted octanol–water partition coefficient (Wildman–Crippen LogP) is 1.33. The Balaban J connectivity index is 4.02. The van der Waals surface area contributed by atoms with Crippen LogP contribution >= 0.6 is 0 Å². The summed E-state index contributed by atoms with van der Waals surface area (Å²) in [6, 6.07) is 0. The van der Waals surface area contributed by atoms with Crippen molar-refractivity contribution < 1.29 is 19.1 Å². The molecule has 0 atom stereocenters. The van der Waals surface area contributed by atoms with E-state index in [-0.39, 0.29) is 25.5 Å². The van der Waals surface area contributed by atoms with Crippen LogP contribution in [-0.4, -0.2) is 31.7 Å². The second-order valence-corrected chi connectivity index (χ2v) is 3.69. The monoisotopic (exact) mass is 255 g/mol. The second-order valence-electron chi connectivity index (χ2n) is 3.69. The summed E-state index contributed by atoms with van der Waals surface area (Å²) in [7, 11) is 0. The molecule has 0 rings (SSSR count). The largest absolute Gasteiger partial charge is 0.465 e. The van der Waals surface area contributed by atoms with Gasteiger partial charge in [0.05, 0.1) is 19.6 Å². The Bertz CT molecular complexity index is 334. The highest BCUT2D eigenvalue weighted by Gasteiger charge is 2.04. The fourth-order valence-corrected chi connectivity index (χ4v) is 1.14. The molecule has 5 heteroatoms. The summed E-state index contributed by atoms with van der Waals surface area (Å²) < 4.78 is 9.71. The molecule has 0 saturated carbocycles. The molecule has 0 amide bonds. The SMILES string of the molecule is C=C(CCOC(=O)CCN)/C(C)=C/C(=O)OCC. The third-order valence-corrected chi connectivity index (χ3v) is 2.19. The van der Waals surface area contributed by atoms with E-state index in [9.17, 15) is 9.59 Å². The minimum atomic E-state index is -0.392. The Morgan fingerprint density at radius 3 is 2.50 bits per heavy atom. The molecule has 0 radical (unpaired) electrons. The zero-order valence-electron chi connectivity index (χ0n) is 11.0. The lowest BCUT2D eigenvalue weighted by molar-refractivity contribution is -0.143. The molecule has 0 aliphatic carbocycles. The van der Waals surface area contributed by atoms with Gasteiger partial charge in [0.2, 0.25) is 0 Å². The first-order chi connectivity index (χ1) is 8.51. The van der Waals surface area contributed by atoms with Crippen LogP contribution in [0, 0.1) is 0 Å². The van der Waals surface area contributed by atoms with Crippen molar-refractivity contribution in [3.05, 3.63) is 23.8 Å². The molecule has 0 spiro atoms. The van der Waals surface area contributed by atoms with Crippen LogP contribution in [0.4, 0.5) is 0 Å². The molecular weight excluding hydrogens is 234 g/mol. The molecule has 18 heavy (non-hydrogen) atoms. The number of carbonyl (C=O) groups is 2. The van der Waals surface area contributed by atoms with Gasteiger partial charge in [-0.1, -0.05) is 6.58 Å². The van der Waals surface area contributed by atoms with Crippen molar-refractivity contribution in [2.45, 2.75) is 26.7 Å². The molecule has 0 bridgehead atoms. The summed E-state index contributed by atoms with van der Waals surface area (Å²) >= 11 is 0. The number of esters is 2. The van der Waals surface area contributed by atoms with Crippen molar-refractivity contribution in [2.75, 3.05) is 19.8 Å². The Morgan fingerprint density at radius 2 is 1.94 bits per heavy atom. The van der Waals surface area contributed by atoms with E-state index >= 15 is 0 Å². The van der Waals surface area contributed by atoms with E-state index in [2.05, 4.69) is 6.58 Å². The molecule has 0 unspecified atom stereocenters. The van der Waals surface area contributed by atoms with Gasteiger partial charge in [-0.05, 0) is 25.0 Å². The topological polar surface area (TPSA) is 78.6 Å². The normalized spacial score (nSPS) is 10.9. The van der Waals surface area contributed by atoms with Crippen LogP contribution in [0.2, 0.25) is 0 Å². The lowest BCUT2D eigenvalue weighted by Gasteiger charge is -2.07. The highest BCUT2D eigenvalue weighted by atomic mass is 16.5. The summed E-state index contributed by atoms with van der Waals surface area (Å²) in [5.41, 5.74) is 6.68. The summed E-state index contributed by atoms with van der Waals surface area (Å²) in [5.74, 6) is -0.714. The highest BCUT2D eigenvalue weighted by Crippen LogP contribution is 2.11. The van der Waals surface area contributed by atoms with E-state index in [1.54, 1.807) is 13.8 Å². The second kappa shape index (κ2) is 9.41. The van der Waals surface area contributed by atoms with E-state index in [0.29, 0.717) is 13.0 Å². The number of rotatable bonds is 8. The Labute approximate surface area is 108 Å². The van der Waals surface area contributed by atoms with E-state index in [4.69, 9.17) is 15.2 Å². The number of hydrogen-bond donors (Lipinski definition) is 1. The zero-order chi connectivity index (χ0) is 14.0. The average Bonchev–Trinajstić information content (AvgIpc) is 2.29. The lowest BCUT2D eigenvalue weighted by atomic mass is 10.1. The summed E-state index contributed by atoms with van der Waals surface area (Å²) in [6.45, 7) is 8.19. The van der Waals surface area contributed by atoms with Crippen LogP contribution in [0.1, 0.15) is 26.7 Å². The van der Waals surface area contributed by atoms with Gasteiger partial charge in [0.25, 0.3) is 0 Å². The third-order valence-electron chi connectivity index (χ3n) is 2.19. The van der Waals surface area contributed by atoms with Crippen LogP contribution < -0.4 is 5.73 Å². The van der Waals surface area contributed by atoms with E-state index < -0.39 is 5.97 Å². The van der Waals surface area contributed by atoms with Gasteiger partial charge in [-0.2, -0.15) is 0 Å². The van der Waals surface area contributed by atoms with Crippen molar-refractivity contribution >= 4 is 11.9 Å². The number of nitrogens with two attached hydrogens (primary N) is 1. The zero-order valence-corrected chi connectivity index (χ0v) is 11.0. The molecule has 0 heterocycles. The van der Waals surface area contributed by atoms with Crippen LogP contribution in [0.3, 0.4) is 0 Å². The maximum absolute atomic E-state index is 11.2. The lowest BCUT2D eigenvalue weighted by Crippen LogP contribution is -2.12. The quantitative estimate of drug-likeness (QED) is 0.402. The first kappa shape index (κ1) is 16.4. The van der Waals surface area contributed by atoms with E-state index in [1.165, 1.54) is 6.08 Å². The van der Waals surface area contributed by atoms with Gasteiger partial charge >= 0.3 is 11.9 Å². The first-order valence-electron chi connectivity index (χ1n) is 5.90. The maximum Gasteiger partial charge on any atom is 0.331 e. The molecule has 5 nitrogen and oxygen atoms in total. The van der Waals surface area contributed by atoms with E-state index in [0.717, 1.165) is 11.1 Å². The fraction of sp³-hybridized carbons (Fsp3) is 0.538. The van der Waals surface area contributed by atoms with Crippen LogP contribution in [-0.2, 0) is 19.1 Å². The molecule has 0 saturated heterocycles.